The number of hydrogen-bond acceptors (Lipinski definition) is 5. The summed E-state index contributed by atoms with van der Waals surface area (Å²) in [4.78, 5) is 22.7. The third-order valence-corrected chi connectivity index (χ3v) is 6.22. The first-order valence-electron chi connectivity index (χ1n) is 12.0. The van der Waals surface area contributed by atoms with Gasteiger partial charge in [-0.2, -0.15) is 0 Å². The minimum Gasteiger partial charge on any atom is -0.497 e. The number of carbonyl (C=O) groups excluding carboxylic acids is 2. The van der Waals surface area contributed by atoms with E-state index >= 15 is 0 Å². The molecule has 2 unspecified atom stereocenters. The number of amides is 1. The fourth-order valence-corrected chi connectivity index (χ4v) is 4.60. The summed E-state index contributed by atoms with van der Waals surface area (Å²) in [6.07, 6.45) is 6.48. The summed E-state index contributed by atoms with van der Waals surface area (Å²) in [5, 5.41) is 6.49. The summed E-state index contributed by atoms with van der Waals surface area (Å²) in [5.74, 6) is 2.09. The molecule has 0 saturated carbocycles. The quantitative estimate of drug-likeness (QED) is 0.330. The molecule has 1 heterocycles. The van der Waals surface area contributed by atoms with Crippen LogP contribution in [0.15, 0.2) is 42.5 Å². The lowest BCUT2D eigenvalue weighted by Gasteiger charge is -2.33. The SMILES string of the molecule is CCCC(CCC)C(Nc1ccc(C(=O)NCCC=O)cc1)C1Cc2cc(OC)ccc2O1. The fraction of sp³-hybridized carbons (Fsp3) is 0.481. The van der Waals surface area contributed by atoms with Gasteiger partial charge in [-0.3, -0.25) is 4.79 Å². The van der Waals surface area contributed by atoms with Crippen LogP contribution in [0.3, 0.4) is 0 Å². The number of aldehydes is 1. The molecule has 0 bridgehead atoms. The number of fused-ring (bicyclic) bond motifs is 1. The first-order valence-corrected chi connectivity index (χ1v) is 12.0. The molecule has 6 nitrogen and oxygen atoms in total. The number of nitrogens with one attached hydrogen (secondary N) is 2. The zero-order valence-corrected chi connectivity index (χ0v) is 19.9. The van der Waals surface area contributed by atoms with E-state index in [4.69, 9.17) is 9.47 Å². The molecule has 2 atom stereocenters. The molecule has 2 N–H and O–H groups in total. The molecule has 0 fully saturated rings. The van der Waals surface area contributed by atoms with E-state index in [1.807, 2.05) is 36.4 Å². The van der Waals surface area contributed by atoms with E-state index in [9.17, 15) is 9.59 Å². The predicted molar refractivity (Wildman–Crippen MR) is 131 cm³/mol. The van der Waals surface area contributed by atoms with Crippen LogP contribution < -0.4 is 20.1 Å². The highest BCUT2D eigenvalue weighted by molar-refractivity contribution is 5.94. The van der Waals surface area contributed by atoms with Crippen molar-refractivity contribution in [2.24, 2.45) is 5.92 Å². The number of hydrogen-bond donors (Lipinski definition) is 2. The number of carbonyl (C=O) groups is 2. The lowest BCUT2D eigenvalue weighted by atomic mass is 9.85. The average Bonchev–Trinajstić information content (AvgIpc) is 3.26. The van der Waals surface area contributed by atoms with Crippen molar-refractivity contribution in [3.8, 4) is 11.5 Å². The Bertz CT molecular complexity index is 907. The predicted octanol–water partition coefficient (Wildman–Crippen LogP) is 5.01. The second kappa shape index (κ2) is 12.3. The van der Waals surface area contributed by atoms with Gasteiger partial charge in [-0.05, 0) is 61.2 Å². The Balaban J connectivity index is 1.76. The number of rotatable bonds is 13. The summed E-state index contributed by atoms with van der Waals surface area (Å²) >= 11 is 0. The van der Waals surface area contributed by atoms with Gasteiger partial charge in [0.25, 0.3) is 5.91 Å². The third-order valence-electron chi connectivity index (χ3n) is 6.22. The maximum atomic E-state index is 12.2. The van der Waals surface area contributed by atoms with E-state index in [-0.39, 0.29) is 18.1 Å². The second-order valence-electron chi connectivity index (χ2n) is 8.63. The standard InChI is InChI=1S/C27H36N2O4/c1-4-7-19(8-5-2)26(25-18-21-17-23(32-3)13-14-24(21)33-25)29-22-11-9-20(10-12-22)27(31)28-15-6-16-30/h9-14,16-17,19,25-26,29H,4-8,15,18H2,1-3H3,(H,28,31). The Hall–Kier alpha value is -3.02. The Morgan fingerprint density at radius 3 is 2.52 bits per heavy atom. The van der Waals surface area contributed by atoms with Gasteiger partial charge in [0.15, 0.2) is 0 Å². The van der Waals surface area contributed by atoms with Gasteiger partial charge in [0.05, 0.1) is 13.2 Å². The minimum atomic E-state index is -0.168. The molecule has 2 aromatic rings. The minimum absolute atomic E-state index is 0.0292. The van der Waals surface area contributed by atoms with Gasteiger partial charge < -0.3 is 24.9 Å². The maximum absolute atomic E-state index is 12.2. The average molecular weight is 453 g/mol. The molecular weight excluding hydrogens is 416 g/mol. The molecule has 3 rings (SSSR count). The van der Waals surface area contributed by atoms with E-state index in [0.717, 1.165) is 55.6 Å². The summed E-state index contributed by atoms with van der Waals surface area (Å²) in [6, 6.07) is 13.7. The van der Waals surface area contributed by atoms with Crippen molar-refractivity contribution in [2.75, 3.05) is 19.0 Å². The molecule has 0 aliphatic carbocycles. The zero-order valence-electron chi connectivity index (χ0n) is 19.9. The topological polar surface area (TPSA) is 76.7 Å². The van der Waals surface area contributed by atoms with Crippen molar-refractivity contribution < 1.29 is 19.1 Å². The summed E-state index contributed by atoms with van der Waals surface area (Å²) in [6.45, 7) is 4.81. The molecule has 2 aromatic carbocycles. The fourth-order valence-electron chi connectivity index (χ4n) is 4.60. The molecule has 1 aliphatic heterocycles. The van der Waals surface area contributed by atoms with Crippen LogP contribution in [0.2, 0.25) is 0 Å². The smallest absolute Gasteiger partial charge is 0.251 e. The monoisotopic (exact) mass is 452 g/mol. The molecule has 0 radical (unpaired) electrons. The maximum Gasteiger partial charge on any atom is 0.251 e. The lowest BCUT2D eigenvalue weighted by molar-refractivity contribution is -0.107. The Kier molecular flexibility index (Phi) is 9.16. The van der Waals surface area contributed by atoms with Crippen LogP contribution >= 0.6 is 0 Å². The molecule has 1 amide bonds. The Labute approximate surface area is 197 Å². The number of anilines is 1. The highest BCUT2D eigenvalue weighted by Crippen LogP contribution is 2.36. The van der Waals surface area contributed by atoms with Gasteiger partial charge in [-0.1, -0.05) is 26.7 Å². The van der Waals surface area contributed by atoms with Gasteiger partial charge >= 0.3 is 0 Å². The van der Waals surface area contributed by atoms with Gasteiger partial charge in [-0.25, -0.2) is 0 Å². The lowest BCUT2D eigenvalue weighted by Crippen LogP contribution is -2.43. The van der Waals surface area contributed by atoms with Crippen LogP contribution in [0.5, 0.6) is 11.5 Å². The van der Waals surface area contributed by atoms with Gasteiger partial charge in [0, 0.05) is 36.2 Å². The summed E-state index contributed by atoms with van der Waals surface area (Å²) in [5.41, 5.74) is 2.73. The van der Waals surface area contributed by atoms with Gasteiger partial charge in [-0.15, -0.1) is 0 Å². The molecule has 1 aliphatic rings. The van der Waals surface area contributed by atoms with Crippen molar-refractivity contribution in [2.45, 2.75) is 64.5 Å². The number of ether oxygens (including phenoxy) is 2. The van der Waals surface area contributed by atoms with Crippen LogP contribution in [0.1, 0.15) is 61.9 Å². The molecular formula is C27H36N2O4. The largest absolute Gasteiger partial charge is 0.497 e. The molecule has 0 saturated heterocycles. The van der Waals surface area contributed by atoms with Crippen LogP contribution in [0.4, 0.5) is 5.69 Å². The summed E-state index contributed by atoms with van der Waals surface area (Å²) in [7, 11) is 1.68. The first-order chi connectivity index (χ1) is 16.1. The Morgan fingerprint density at radius 2 is 1.88 bits per heavy atom. The molecule has 33 heavy (non-hydrogen) atoms. The highest BCUT2D eigenvalue weighted by Gasteiger charge is 2.35. The van der Waals surface area contributed by atoms with E-state index in [1.165, 1.54) is 5.56 Å². The first kappa shape index (κ1) is 24.6. The van der Waals surface area contributed by atoms with Crippen LogP contribution in [-0.4, -0.2) is 38.0 Å². The highest BCUT2D eigenvalue weighted by atomic mass is 16.5. The van der Waals surface area contributed by atoms with Crippen LogP contribution in [0, 0.1) is 5.92 Å². The molecule has 0 aromatic heterocycles. The van der Waals surface area contributed by atoms with Gasteiger partial charge in [0.1, 0.15) is 23.9 Å². The van der Waals surface area contributed by atoms with E-state index in [0.29, 0.717) is 24.4 Å². The third kappa shape index (κ3) is 6.50. The van der Waals surface area contributed by atoms with Crippen molar-refractivity contribution in [1.29, 1.82) is 0 Å². The molecule has 6 heteroatoms. The van der Waals surface area contributed by atoms with Crippen molar-refractivity contribution in [3.05, 3.63) is 53.6 Å². The number of methoxy groups -OCH3 is 1. The van der Waals surface area contributed by atoms with E-state index in [2.05, 4.69) is 30.5 Å². The number of benzene rings is 2. The van der Waals surface area contributed by atoms with E-state index < -0.39 is 0 Å². The molecule has 0 spiro atoms. The Morgan fingerprint density at radius 1 is 1.15 bits per heavy atom. The van der Waals surface area contributed by atoms with Gasteiger partial charge in [0.2, 0.25) is 0 Å². The van der Waals surface area contributed by atoms with Crippen molar-refractivity contribution >= 4 is 17.9 Å². The summed E-state index contributed by atoms with van der Waals surface area (Å²) < 4.78 is 11.8. The molecule has 178 valence electrons. The van der Waals surface area contributed by atoms with Crippen LogP contribution in [0.25, 0.3) is 0 Å². The van der Waals surface area contributed by atoms with Crippen molar-refractivity contribution in [3.63, 3.8) is 0 Å². The zero-order chi connectivity index (χ0) is 23.6. The normalized spacial score (nSPS) is 15.5. The van der Waals surface area contributed by atoms with Crippen molar-refractivity contribution in [1.82, 2.24) is 5.32 Å². The van der Waals surface area contributed by atoms with E-state index in [1.54, 1.807) is 7.11 Å². The van der Waals surface area contributed by atoms with Crippen LogP contribution in [-0.2, 0) is 11.2 Å². The second-order valence-corrected chi connectivity index (χ2v) is 8.63.